The molecule has 0 radical (unpaired) electrons. The Morgan fingerprint density at radius 2 is 2.26 bits per heavy atom. The van der Waals surface area contributed by atoms with Gasteiger partial charge in [0.05, 0.1) is 6.10 Å². The van der Waals surface area contributed by atoms with Crippen LogP contribution in [0, 0.1) is 5.82 Å². The zero-order valence-electron chi connectivity index (χ0n) is 11.6. The average molecular weight is 283 g/mol. The van der Waals surface area contributed by atoms with Crippen molar-refractivity contribution < 1.29 is 9.50 Å². The van der Waals surface area contributed by atoms with Gasteiger partial charge in [0.1, 0.15) is 5.82 Å². The molecule has 1 heterocycles. The van der Waals surface area contributed by atoms with E-state index in [2.05, 4.69) is 18.7 Å². The van der Waals surface area contributed by atoms with Crippen LogP contribution in [0.2, 0.25) is 0 Å². The van der Waals surface area contributed by atoms with Gasteiger partial charge in [-0.1, -0.05) is 12.1 Å². The van der Waals surface area contributed by atoms with Gasteiger partial charge in [0.2, 0.25) is 0 Å². The minimum absolute atomic E-state index is 0.285. The molecule has 0 aromatic heterocycles. The molecule has 1 aliphatic heterocycles. The molecule has 1 unspecified atom stereocenters. The molecular weight excluding hydrogens is 261 g/mol. The first kappa shape index (κ1) is 14.8. The molecule has 1 fully saturated rings. The summed E-state index contributed by atoms with van der Waals surface area (Å²) < 4.78 is 13.4. The van der Waals surface area contributed by atoms with Gasteiger partial charge < -0.3 is 10.0 Å². The Morgan fingerprint density at radius 1 is 1.47 bits per heavy atom. The third-order valence-corrected chi connectivity index (χ3v) is 4.75. The summed E-state index contributed by atoms with van der Waals surface area (Å²) >= 11 is 2.00. The van der Waals surface area contributed by atoms with Gasteiger partial charge in [-0.3, -0.25) is 0 Å². The lowest BCUT2D eigenvalue weighted by Gasteiger charge is -2.37. The van der Waals surface area contributed by atoms with Gasteiger partial charge in [0.15, 0.2) is 0 Å². The molecule has 1 saturated heterocycles. The molecule has 0 spiro atoms. The topological polar surface area (TPSA) is 23.5 Å². The first-order chi connectivity index (χ1) is 8.96. The summed E-state index contributed by atoms with van der Waals surface area (Å²) in [6.07, 6.45) is 0.0814. The molecule has 0 saturated carbocycles. The Kier molecular flexibility index (Phi) is 4.87. The van der Waals surface area contributed by atoms with Crippen molar-refractivity contribution in [2.45, 2.75) is 31.1 Å². The highest BCUT2D eigenvalue weighted by atomic mass is 32.2. The maximum absolute atomic E-state index is 13.1. The van der Waals surface area contributed by atoms with Crippen LogP contribution in [0.3, 0.4) is 0 Å². The fourth-order valence-electron chi connectivity index (χ4n) is 2.49. The molecular formula is C15H22FNOS. The van der Waals surface area contributed by atoms with Crippen LogP contribution in [-0.2, 0) is 0 Å². The van der Waals surface area contributed by atoms with Crippen molar-refractivity contribution >= 4 is 11.8 Å². The van der Waals surface area contributed by atoms with E-state index in [0.717, 1.165) is 25.4 Å². The Balaban J connectivity index is 1.85. The van der Waals surface area contributed by atoms with Gasteiger partial charge in [0, 0.05) is 30.1 Å². The zero-order valence-corrected chi connectivity index (χ0v) is 12.4. The summed E-state index contributed by atoms with van der Waals surface area (Å²) in [5.74, 6) is 0.857. The van der Waals surface area contributed by atoms with Crippen molar-refractivity contribution in [2.75, 3.05) is 25.4 Å². The van der Waals surface area contributed by atoms with Crippen LogP contribution in [0.25, 0.3) is 0 Å². The molecule has 1 aromatic rings. The molecule has 1 aliphatic rings. The third-order valence-electron chi connectivity index (χ3n) is 3.46. The van der Waals surface area contributed by atoms with Crippen molar-refractivity contribution in [3.63, 3.8) is 0 Å². The summed E-state index contributed by atoms with van der Waals surface area (Å²) in [6.45, 7) is 7.50. The molecule has 0 amide bonds. The van der Waals surface area contributed by atoms with Crippen molar-refractivity contribution in [3.8, 4) is 0 Å². The van der Waals surface area contributed by atoms with E-state index < -0.39 is 6.10 Å². The molecule has 0 bridgehead atoms. The van der Waals surface area contributed by atoms with E-state index in [1.54, 1.807) is 12.1 Å². The summed E-state index contributed by atoms with van der Waals surface area (Å²) in [5.41, 5.74) is 0.672. The normalized spacial score (nSPS) is 21.3. The average Bonchev–Trinajstić information content (AvgIpc) is 2.35. The van der Waals surface area contributed by atoms with Crippen molar-refractivity contribution in [1.29, 1.82) is 0 Å². The fraction of sp³-hybridized carbons (Fsp3) is 0.600. The zero-order chi connectivity index (χ0) is 13.9. The highest BCUT2D eigenvalue weighted by molar-refractivity contribution is 8.00. The van der Waals surface area contributed by atoms with Gasteiger partial charge in [-0.2, -0.15) is 11.8 Å². The van der Waals surface area contributed by atoms with Crippen LogP contribution in [0.15, 0.2) is 24.3 Å². The van der Waals surface area contributed by atoms with Crippen molar-refractivity contribution in [1.82, 2.24) is 4.90 Å². The molecule has 4 heteroatoms. The maximum atomic E-state index is 13.1. The molecule has 2 nitrogen and oxygen atoms in total. The van der Waals surface area contributed by atoms with Crippen LogP contribution >= 0.6 is 11.8 Å². The summed E-state index contributed by atoms with van der Waals surface area (Å²) in [7, 11) is 0. The lowest BCUT2D eigenvalue weighted by atomic mass is 10.1. The molecule has 1 aromatic carbocycles. The Labute approximate surface area is 119 Å². The Hall–Kier alpha value is -0.580. The monoisotopic (exact) mass is 283 g/mol. The highest BCUT2D eigenvalue weighted by Gasteiger charge is 2.27. The van der Waals surface area contributed by atoms with Crippen LogP contribution in [0.5, 0.6) is 0 Å². The van der Waals surface area contributed by atoms with E-state index in [4.69, 9.17) is 0 Å². The van der Waals surface area contributed by atoms with Crippen LogP contribution in [-0.4, -0.2) is 40.1 Å². The molecule has 1 atom stereocenters. The lowest BCUT2D eigenvalue weighted by Crippen LogP contribution is -2.43. The number of nitrogens with zero attached hydrogens (tertiary/aromatic N) is 1. The minimum atomic E-state index is -0.576. The molecule has 19 heavy (non-hydrogen) atoms. The standard InChI is InChI=1S/C15H22FNOS/c1-15(2)11-17(8-9-19-15)7-6-14(18)12-4-3-5-13(16)10-12/h3-5,10,14,18H,6-9,11H2,1-2H3. The van der Waals surface area contributed by atoms with E-state index in [9.17, 15) is 9.50 Å². The second kappa shape index (κ2) is 6.25. The summed E-state index contributed by atoms with van der Waals surface area (Å²) in [6, 6.07) is 6.25. The van der Waals surface area contributed by atoms with Gasteiger partial charge in [-0.05, 0) is 38.0 Å². The highest BCUT2D eigenvalue weighted by Crippen LogP contribution is 2.30. The Bertz CT molecular complexity index is 424. The third kappa shape index (κ3) is 4.48. The van der Waals surface area contributed by atoms with Crippen molar-refractivity contribution in [3.05, 3.63) is 35.6 Å². The van der Waals surface area contributed by atoms with E-state index in [1.807, 2.05) is 11.8 Å². The van der Waals surface area contributed by atoms with Crippen molar-refractivity contribution in [2.24, 2.45) is 0 Å². The Morgan fingerprint density at radius 3 is 2.95 bits per heavy atom. The predicted molar refractivity (Wildman–Crippen MR) is 79.0 cm³/mol. The summed E-state index contributed by atoms with van der Waals surface area (Å²) in [5, 5.41) is 10.1. The van der Waals surface area contributed by atoms with E-state index >= 15 is 0 Å². The van der Waals surface area contributed by atoms with Crippen LogP contribution < -0.4 is 0 Å². The molecule has 0 aliphatic carbocycles. The largest absolute Gasteiger partial charge is 0.388 e. The number of rotatable bonds is 4. The van der Waals surface area contributed by atoms with Crippen LogP contribution in [0.1, 0.15) is 31.9 Å². The molecule has 2 rings (SSSR count). The molecule has 1 N–H and O–H groups in total. The minimum Gasteiger partial charge on any atom is -0.388 e. The first-order valence-electron chi connectivity index (χ1n) is 6.76. The number of hydrogen-bond donors (Lipinski definition) is 1. The fourth-order valence-corrected chi connectivity index (χ4v) is 3.67. The second-order valence-corrected chi connectivity index (χ2v) is 7.55. The van der Waals surface area contributed by atoms with Gasteiger partial charge >= 0.3 is 0 Å². The number of aliphatic hydroxyl groups excluding tert-OH is 1. The van der Waals surface area contributed by atoms with Crippen LogP contribution in [0.4, 0.5) is 4.39 Å². The molecule has 106 valence electrons. The smallest absolute Gasteiger partial charge is 0.123 e. The SMILES string of the molecule is CC1(C)CN(CCC(O)c2cccc(F)c2)CCS1. The second-order valence-electron chi connectivity index (χ2n) is 5.74. The van der Waals surface area contributed by atoms with Gasteiger partial charge in [-0.15, -0.1) is 0 Å². The van der Waals surface area contributed by atoms with Gasteiger partial charge in [0.25, 0.3) is 0 Å². The predicted octanol–water partition coefficient (Wildman–Crippen LogP) is 3.08. The van der Waals surface area contributed by atoms with E-state index in [1.165, 1.54) is 12.1 Å². The number of halogens is 1. The van der Waals surface area contributed by atoms with E-state index in [-0.39, 0.29) is 5.82 Å². The number of thioether (sulfide) groups is 1. The first-order valence-corrected chi connectivity index (χ1v) is 7.75. The quantitative estimate of drug-likeness (QED) is 0.918. The van der Waals surface area contributed by atoms with E-state index in [0.29, 0.717) is 16.7 Å². The van der Waals surface area contributed by atoms with Gasteiger partial charge in [-0.25, -0.2) is 4.39 Å². The number of benzene rings is 1. The number of aliphatic hydroxyl groups is 1. The summed E-state index contributed by atoms with van der Waals surface area (Å²) in [4.78, 5) is 2.39. The lowest BCUT2D eigenvalue weighted by molar-refractivity contribution is 0.139. The number of hydrogen-bond acceptors (Lipinski definition) is 3. The maximum Gasteiger partial charge on any atom is 0.123 e.